The van der Waals surface area contributed by atoms with E-state index in [0.717, 1.165) is 0 Å². The Morgan fingerprint density at radius 1 is 1.02 bits per heavy atom. The van der Waals surface area contributed by atoms with Crippen molar-refractivity contribution >= 4 is 23.7 Å². The van der Waals surface area contributed by atoms with Gasteiger partial charge in [0.05, 0.1) is 56.0 Å². The first-order valence-corrected chi connectivity index (χ1v) is 20.3. The van der Waals surface area contributed by atoms with Crippen molar-refractivity contribution in [2.75, 3.05) is 45.9 Å². The number of carbonyl (C=O) groups excluding carboxylic acids is 1. The fourth-order valence-electron chi connectivity index (χ4n) is 5.79. The third-order valence-corrected chi connectivity index (χ3v) is 12.4. The van der Waals surface area contributed by atoms with Crippen LogP contribution in [-0.2, 0) is 50.9 Å². The van der Waals surface area contributed by atoms with Crippen LogP contribution in [0.15, 0.2) is 53.4 Å². The van der Waals surface area contributed by atoms with Crippen LogP contribution in [0.25, 0.3) is 0 Å². The molecule has 6 atom stereocenters. The van der Waals surface area contributed by atoms with Crippen molar-refractivity contribution in [2.24, 2.45) is 11.8 Å². The van der Waals surface area contributed by atoms with E-state index in [1.165, 1.54) is 28.6 Å². The molecule has 0 saturated carbocycles. The number of amides is 1. The maximum absolute atomic E-state index is 13.9. The van der Waals surface area contributed by atoms with E-state index in [0.29, 0.717) is 36.3 Å². The second-order valence-corrected chi connectivity index (χ2v) is 16.4. The molecule has 2 aromatic carbocycles. The zero-order valence-corrected chi connectivity index (χ0v) is 30.9. The Labute approximate surface area is 294 Å². The van der Waals surface area contributed by atoms with Crippen LogP contribution in [0.3, 0.4) is 0 Å². The summed E-state index contributed by atoms with van der Waals surface area (Å²) in [5.41, 5.74) is 1.27. The van der Waals surface area contributed by atoms with Gasteiger partial charge in [-0.25, -0.2) is 13.2 Å². The van der Waals surface area contributed by atoms with Crippen molar-refractivity contribution in [1.29, 1.82) is 0 Å². The number of rotatable bonds is 20. The van der Waals surface area contributed by atoms with Crippen LogP contribution >= 0.6 is 7.60 Å². The third-order valence-electron chi connectivity index (χ3n) is 8.78. The second kappa shape index (κ2) is 18.8. The molecule has 1 amide bonds. The highest BCUT2D eigenvalue weighted by molar-refractivity contribution is 7.89. The number of fused-ring (bicyclic) bond motifs is 1. The number of benzene rings is 2. The lowest BCUT2D eigenvalue weighted by atomic mass is 10.0. The first-order valence-electron chi connectivity index (χ1n) is 17.1. The van der Waals surface area contributed by atoms with Crippen LogP contribution in [0.5, 0.6) is 5.75 Å². The van der Waals surface area contributed by atoms with Gasteiger partial charge in [-0.1, -0.05) is 44.5 Å². The van der Waals surface area contributed by atoms with Gasteiger partial charge in [-0.3, -0.25) is 4.57 Å². The number of aliphatic hydroxyl groups is 2. The van der Waals surface area contributed by atoms with Crippen molar-refractivity contribution in [2.45, 2.75) is 83.0 Å². The van der Waals surface area contributed by atoms with Crippen molar-refractivity contribution in [3.05, 3.63) is 59.7 Å². The summed E-state index contributed by atoms with van der Waals surface area (Å²) in [5, 5.41) is 23.9. The zero-order valence-electron chi connectivity index (χ0n) is 29.1. The standard InChI is InChI=1S/C34H51N2O12PS/c1-5-24(4)19-36(50(41,42)28-14-10-26(21-37)11-15-28)20-31(38)30(35-34(39)48-32-22-44-33-29(32)16-17-43-33)18-25-8-12-27(13-9-25)45-23-49(40,46-6-2)47-7-3/h8-15,24,29-33,37-38H,5-7,16-23H2,1-4H3,(H,35,39)/t24-,29-,30-,31+,32-,33+/m0/s1. The smallest absolute Gasteiger partial charge is 0.407 e. The van der Waals surface area contributed by atoms with E-state index < -0.39 is 48.3 Å². The SMILES string of the molecule is CCOP(=O)(COc1ccc(C[C@H](NC(=O)O[C@H]2CO[C@H]3OCC[C@H]32)[C@H](O)CN(C[C@@H](C)CC)S(=O)(=O)c2ccc(CO)cc2)cc1)OCC. The highest BCUT2D eigenvalue weighted by atomic mass is 32.2. The molecule has 2 aliphatic rings. The van der Waals surface area contributed by atoms with Gasteiger partial charge in [-0.05, 0) is 68.0 Å². The topological polar surface area (TPSA) is 179 Å². The van der Waals surface area contributed by atoms with Gasteiger partial charge in [-0.2, -0.15) is 4.31 Å². The quantitative estimate of drug-likeness (QED) is 0.164. The van der Waals surface area contributed by atoms with Crippen molar-refractivity contribution in [3.63, 3.8) is 0 Å². The van der Waals surface area contributed by atoms with E-state index in [1.807, 2.05) is 13.8 Å². The maximum Gasteiger partial charge on any atom is 0.407 e. The number of hydrogen-bond donors (Lipinski definition) is 3. The Kier molecular flexibility index (Phi) is 15.1. The maximum atomic E-state index is 13.9. The molecular formula is C34H51N2O12PS. The fraction of sp³-hybridized carbons (Fsp3) is 0.618. The van der Waals surface area contributed by atoms with Gasteiger partial charge in [-0.15, -0.1) is 0 Å². The molecule has 16 heteroatoms. The minimum Gasteiger partial charge on any atom is -0.481 e. The van der Waals surface area contributed by atoms with E-state index in [9.17, 15) is 28.0 Å². The molecule has 4 rings (SSSR count). The predicted molar refractivity (Wildman–Crippen MR) is 184 cm³/mol. The highest BCUT2D eigenvalue weighted by Crippen LogP contribution is 2.47. The molecule has 0 aromatic heterocycles. The van der Waals surface area contributed by atoms with E-state index in [-0.39, 0.29) is 69.0 Å². The lowest BCUT2D eigenvalue weighted by molar-refractivity contribution is -0.0907. The Bertz CT molecular complexity index is 1500. The molecule has 2 saturated heterocycles. The lowest BCUT2D eigenvalue weighted by Gasteiger charge is -2.31. The number of aliphatic hydroxyl groups excluding tert-OH is 2. The van der Waals surface area contributed by atoms with Gasteiger partial charge in [0.15, 0.2) is 12.6 Å². The van der Waals surface area contributed by atoms with E-state index in [2.05, 4.69) is 5.32 Å². The molecule has 14 nitrogen and oxygen atoms in total. The van der Waals surface area contributed by atoms with Crippen molar-refractivity contribution in [1.82, 2.24) is 9.62 Å². The minimum absolute atomic E-state index is 0.0255. The van der Waals surface area contributed by atoms with Crippen molar-refractivity contribution < 1.29 is 56.0 Å². The van der Waals surface area contributed by atoms with Crippen LogP contribution in [0.4, 0.5) is 4.79 Å². The van der Waals surface area contributed by atoms with Gasteiger partial charge in [0.25, 0.3) is 0 Å². The van der Waals surface area contributed by atoms with Gasteiger partial charge < -0.3 is 43.5 Å². The Morgan fingerprint density at radius 2 is 1.68 bits per heavy atom. The first-order chi connectivity index (χ1) is 23.9. The summed E-state index contributed by atoms with van der Waals surface area (Å²) in [6, 6.07) is 11.8. The lowest BCUT2D eigenvalue weighted by Crippen LogP contribution is -2.51. The number of sulfonamides is 1. The van der Waals surface area contributed by atoms with Gasteiger partial charge >= 0.3 is 13.7 Å². The molecule has 2 aliphatic heterocycles. The molecule has 2 heterocycles. The average molecular weight is 743 g/mol. The molecule has 3 N–H and O–H groups in total. The number of alkyl carbamates (subject to hydrolysis) is 1. The predicted octanol–water partition coefficient (Wildman–Crippen LogP) is 4.28. The second-order valence-electron chi connectivity index (χ2n) is 12.5. The van der Waals surface area contributed by atoms with Gasteiger partial charge in [0.2, 0.25) is 10.0 Å². The van der Waals surface area contributed by atoms with E-state index in [1.54, 1.807) is 38.1 Å². The third kappa shape index (κ3) is 11.0. The van der Waals surface area contributed by atoms with E-state index in [4.69, 9.17) is 28.0 Å². The molecule has 0 bridgehead atoms. The normalized spacial score (nSPS) is 21.1. The molecule has 2 aromatic rings. The van der Waals surface area contributed by atoms with Crippen molar-refractivity contribution in [3.8, 4) is 5.75 Å². The Hall–Kier alpha value is -2.59. The van der Waals surface area contributed by atoms with Crippen LogP contribution < -0.4 is 10.1 Å². The minimum atomic E-state index is -4.06. The van der Waals surface area contributed by atoms with Gasteiger partial charge in [0, 0.05) is 13.1 Å². The summed E-state index contributed by atoms with van der Waals surface area (Å²) in [7, 11) is -7.50. The highest BCUT2D eigenvalue weighted by Gasteiger charge is 2.44. The Balaban J connectivity index is 1.53. The molecular weight excluding hydrogens is 691 g/mol. The van der Waals surface area contributed by atoms with Crippen LogP contribution in [0.1, 0.15) is 51.7 Å². The summed E-state index contributed by atoms with van der Waals surface area (Å²) < 4.78 is 74.9. The summed E-state index contributed by atoms with van der Waals surface area (Å²) in [4.78, 5) is 13.3. The summed E-state index contributed by atoms with van der Waals surface area (Å²) in [5.74, 6) is 0.290. The largest absolute Gasteiger partial charge is 0.481 e. The number of nitrogens with one attached hydrogen (secondary N) is 1. The van der Waals surface area contributed by atoms with Gasteiger partial charge in [0.1, 0.15) is 11.9 Å². The average Bonchev–Trinajstić information content (AvgIpc) is 3.72. The fourth-order valence-corrected chi connectivity index (χ4v) is 8.68. The van der Waals surface area contributed by atoms with Crippen LogP contribution in [0.2, 0.25) is 0 Å². The number of hydrogen-bond acceptors (Lipinski definition) is 12. The summed E-state index contributed by atoms with van der Waals surface area (Å²) in [6.45, 7) is 8.00. The number of carbonyl (C=O) groups is 1. The summed E-state index contributed by atoms with van der Waals surface area (Å²) >= 11 is 0. The molecule has 0 unspecified atom stereocenters. The molecule has 0 spiro atoms. The summed E-state index contributed by atoms with van der Waals surface area (Å²) in [6.07, 6.45) is -1.83. The monoisotopic (exact) mass is 742 g/mol. The molecule has 50 heavy (non-hydrogen) atoms. The van der Waals surface area contributed by atoms with Crippen LogP contribution in [0, 0.1) is 11.8 Å². The molecule has 2 fully saturated rings. The number of ether oxygens (including phenoxy) is 4. The molecule has 280 valence electrons. The molecule has 0 radical (unpaired) electrons. The number of nitrogens with zero attached hydrogens (tertiary/aromatic N) is 1. The Morgan fingerprint density at radius 3 is 2.30 bits per heavy atom. The van der Waals surface area contributed by atoms with E-state index >= 15 is 0 Å². The first kappa shape index (κ1) is 40.2. The zero-order chi connectivity index (χ0) is 36.3. The molecule has 0 aliphatic carbocycles. The van der Waals surface area contributed by atoms with Crippen LogP contribution in [-0.4, -0.2) is 99.4 Å².